The predicted molar refractivity (Wildman–Crippen MR) is 190 cm³/mol. The molecule has 1 aliphatic heterocycles. The summed E-state index contributed by atoms with van der Waals surface area (Å²) in [7, 11) is 0. The molecule has 0 bridgehead atoms. The normalized spacial score (nSPS) is 19.0. The Morgan fingerprint density at radius 1 is 0.667 bits per heavy atom. The number of unbranched alkanes of at least 4 members (excludes halogenated alkanes) is 14. The number of carbonyl (C=O) groups is 3. The molecule has 8 heteroatoms. The average Bonchev–Trinajstić information content (AvgIpc) is 3.41. The number of allylic oxidation sites excluding steroid dienone is 1. The van der Waals surface area contributed by atoms with Gasteiger partial charge >= 0.3 is 5.97 Å². The molecule has 3 rings (SSSR count). The first kappa shape index (κ1) is 39.3. The quantitative estimate of drug-likeness (QED) is 0.0491. The summed E-state index contributed by atoms with van der Waals surface area (Å²) in [5, 5.41) is 0. The van der Waals surface area contributed by atoms with Gasteiger partial charge in [0.25, 0.3) is 11.8 Å². The summed E-state index contributed by atoms with van der Waals surface area (Å²) in [6, 6.07) is 0. The fraction of sp³-hybridized carbons (Fsp3) is 0.675. The number of ether oxygens (including phenoxy) is 4. The summed E-state index contributed by atoms with van der Waals surface area (Å²) in [6.45, 7) is 6.90. The molecule has 0 aromatic carbocycles. The molecule has 8 nitrogen and oxygen atoms in total. The molecule has 0 spiro atoms. The molecule has 0 fully saturated rings. The van der Waals surface area contributed by atoms with Crippen LogP contribution >= 0.6 is 0 Å². The largest absolute Gasteiger partial charge is 0.494 e. The van der Waals surface area contributed by atoms with Gasteiger partial charge in [-0.25, -0.2) is 4.79 Å². The van der Waals surface area contributed by atoms with Gasteiger partial charge < -0.3 is 18.9 Å². The smallest absolute Gasteiger partial charge is 0.342 e. The number of imide groups is 1. The number of rotatable bonds is 27. The van der Waals surface area contributed by atoms with E-state index in [9.17, 15) is 14.4 Å². The van der Waals surface area contributed by atoms with Crippen LogP contribution in [-0.2, 0) is 33.3 Å². The van der Waals surface area contributed by atoms with Crippen molar-refractivity contribution >= 4 is 17.8 Å². The molecule has 0 radical (unpaired) electrons. The highest BCUT2D eigenvalue weighted by molar-refractivity contribution is 6.12. The molecular formula is C40H61NO7. The fourth-order valence-electron chi connectivity index (χ4n) is 5.99. The van der Waals surface area contributed by atoms with Gasteiger partial charge in [0.1, 0.15) is 17.6 Å². The lowest BCUT2D eigenvalue weighted by Gasteiger charge is -2.24. The Morgan fingerprint density at radius 2 is 1.23 bits per heavy atom. The second kappa shape index (κ2) is 24.1. The van der Waals surface area contributed by atoms with Crippen molar-refractivity contribution in [3.05, 3.63) is 59.6 Å². The highest BCUT2D eigenvalue weighted by atomic mass is 16.5. The summed E-state index contributed by atoms with van der Waals surface area (Å²) in [5.41, 5.74) is 0.492. The van der Waals surface area contributed by atoms with Crippen molar-refractivity contribution in [1.29, 1.82) is 0 Å². The predicted octanol–water partition coefficient (Wildman–Crippen LogP) is 8.97. The molecule has 0 N–H and O–H groups in total. The minimum absolute atomic E-state index is 0.0966. The Bertz CT molecular complexity index is 1120. The van der Waals surface area contributed by atoms with Crippen LogP contribution in [0, 0.1) is 0 Å². The molecule has 268 valence electrons. The summed E-state index contributed by atoms with van der Waals surface area (Å²) in [4.78, 5) is 37.8. The van der Waals surface area contributed by atoms with Crippen molar-refractivity contribution in [2.75, 3.05) is 26.4 Å². The second-order valence-corrected chi connectivity index (χ2v) is 13.1. The van der Waals surface area contributed by atoms with E-state index in [1.807, 2.05) is 30.4 Å². The molecule has 1 heterocycles. The van der Waals surface area contributed by atoms with Crippen LogP contribution in [0.2, 0.25) is 0 Å². The molecule has 2 aliphatic carbocycles. The molecule has 0 aromatic heterocycles. The Morgan fingerprint density at radius 3 is 1.85 bits per heavy atom. The van der Waals surface area contributed by atoms with Crippen LogP contribution in [0.15, 0.2) is 59.6 Å². The van der Waals surface area contributed by atoms with Gasteiger partial charge in [-0.3, -0.25) is 14.5 Å². The van der Waals surface area contributed by atoms with E-state index in [-0.39, 0.29) is 30.0 Å². The topological polar surface area (TPSA) is 91.4 Å². The third kappa shape index (κ3) is 15.4. The number of amides is 2. The Hall–Kier alpha value is -3.13. The van der Waals surface area contributed by atoms with Gasteiger partial charge in [0.05, 0.1) is 24.9 Å². The lowest BCUT2D eigenvalue weighted by Crippen LogP contribution is -2.30. The number of carbonyl (C=O) groups excluding carboxylic acids is 3. The van der Waals surface area contributed by atoms with Crippen LogP contribution in [-0.4, -0.2) is 61.3 Å². The minimum atomic E-state index is -0.357. The maximum atomic E-state index is 13.3. The van der Waals surface area contributed by atoms with E-state index < -0.39 is 0 Å². The van der Waals surface area contributed by atoms with Gasteiger partial charge in [-0.05, 0) is 56.4 Å². The fourth-order valence-corrected chi connectivity index (χ4v) is 5.99. The number of nitrogens with zero attached hydrogens (tertiary/aromatic N) is 1. The molecule has 0 saturated carbocycles. The van der Waals surface area contributed by atoms with Crippen LogP contribution in [0.25, 0.3) is 0 Å². The van der Waals surface area contributed by atoms with Crippen molar-refractivity contribution in [3.8, 4) is 0 Å². The summed E-state index contributed by atoms with van der Waals surface area (Å²) < 4.78 is 24.1. The highest BCUT2D eigenvalue weighted by Gasteiger charge is 2.26. The minimum Gasteiger partial charge on any atom is -0.494 e. The Kier molecular flexibility index (Phi) is 19.7. The molecule has 2 unspecified atom stereocenters. The van der Waals surface area contributed by atoms with E-state index >= 15 is 0 Å². The number of esters is 1. The zero-order valence-electron chi connectivity index (χ0n) is 29.8. The van der Waals surface area contributed by atoms with Crippen molar-refractivity contribution in [3.63, 3.8) is 0 Å². The molecule has 2 amide bonds. The van der Waals surface area contributed by atoms with Crippen LogP contribution in [0.1, 0.15) is 136 Å². The Balaban J connectivity index is 1.34. The van der Waals surface area contributed by atoms with E-state index in [0.717, 1.165) is 57.1 Å². The second-order valence-electron chi connectivity index (χ2n) is 13.1. The summed E-state index contributed by atoms with van der Waals surface area (Å²) >= 11 is 0. The lowest BCUT2D eigenvalue weighted by atomic mass is 10.0. The zero-order chi connectivity index (χ0) is 34.2. The van der Waals surface area contributed by atoms with Crippen molar-refractivity contribution in [2.24, 2.45) is 0 Å². The highest BCUT2D eigenvalue weighted by Crippen LogP contribution is 2.26. The van der Waals surface area contributed by atoms with Gasteiger partial charge in [-0.1, -0.05) is 103 Å². The first-order valence-corrected chi connectivity index (χ1v) is 18.9. The average molecular weight is 668 g/mol. The van der Waals surface area contributed by atoms with E-state index in [1.165, 1.54) is 74.8 Å². The van der Waals surface area contributed by atoms with Gasteiger partial charge in [-0.2, -0.15) is 0 Å². The van der Waals surface area contributed by atoms with E-state index in [1.54, 1.807) is 0 Å². The first-order valence-electron chi connectivity index (χ1n) is 18.9. The van der Waals surface area contributed by atoms with Crippen molar-refractivity contribution in [2.45, 2.75) is 148 Å². The number of hydrogen-bond donors (Lipinski definition) is 0. The van der Waals surface area contributed by atoms with Crippen LogP contribution < -0.4 is 0 Å². The van der Waals surface area contributed by atoms with Crippen LogP contribution in [0.4, 0.5) is 0 Å². The Labute approximate surface area is 289 Å². The van der Waals surface area contributed by atoms with E-state index in [0.29, 0.717) is 50.5 Å². The SMILES string of the molecule is CCCCCCOC1=CCC(OC(=O)C2=CCC(OCCCCCC)C=C2OCCCCCCCCCCCN2C(=O)C=CC2=O)C=C1. The third-order valence-corrected chi connectivity index (χ3v) is 8.94. The summed E-state index contributed by atoms with van der Waals surface area (Å²) in [5.74, 6) is 0.685. The third-order valence-electron chi connectivity index (χ3n) is 8.94. The summed E-state index contributed by atoms with van der Waals surface area (Å²) in [6.07, 6.45) is 32.2. The van der Waals surface area contributed by atoms with E-state index in [4.69, 9.17) is 18.9 Å². The maximum absolute atomic E-state index is 13.3. The van der Waals surface area contributed by atoms with Crippen molar-refractivity contribution < 1.29 is 33.3 Å². The standard InChI is InChI=1S/C40H61NO7/c1-3-5-7-17-29-45-33-20-22-34(23-21-33)48-40(44)36-25-24-35(46-30-18-8-6-4-2)32-37(36)47-31-19-15-13-11-9-10-12-14-16-28-41-38(42)26-27-39(41)43/h20-22,25-27,32,34-35H,3-19,23-24,28-31H2,1-2H3. The van der Waals surface area contributed by atoms with Crippen LogP contribution in [0.3, 0.4) is 0 Å². The monoisotopic (exact) mass is 667 g/mol. The molecule has 2 atom stereocenters. The lowest BCUT2D eigenvalue weighted by molar-refractivity contribution is -0.142. The molecule has 0 saturated heterocycles. The van der Waals surface area contributed by atoms with Crippen LogP contribution in [0.5, 0.6) is 0 Å². The van der Waals surface area contributed by atoms with E-state index in [2.05, 4.69) is 13.8 Å². The molecule has 48 heavy (non-hydrogen) atoms. The zero-order valence-corrected chi connectivity index (χ0v) is 29.8. The maximum Gasteiger partial charge on any atom is 0.342 e. The van der Waals surface area contributed by atoms with Gasteiger partial charge in [0, 0.05) is 31.7 Å². The number of hydrogen-bond acceptors (Lipinski definition) is 7. The van der Waals surface area contributed by atoms with Crippen molar-refractivity contribution in [1.82, 2.24) is 4.90 Å². The van der Waals surface area contributed by atoms with Gasteiger partial charge in [0.2, 0.25) is 0 Å². The molecule has 0 aromatic rings. The molecule has 3 aliphatic rings. The first-order chi connectivity index (χ1) is 23.5. The molecular weight excluding hydrogens is 606 g/mol. The van der Waals surface area contributed by atoms with Gasteiger partial charge in [0.15, 0.2) is 0 Å². The van der Waals surface area contributed by atoms with Gasteiger partial charge in [-0.15, -0.1) is 0 Å².